The molecule has 0 radical (unpaired) electrons. The van der Waals surface area contributed by atoms with Crippen LogP contribution in [0.15, 0.2) is 28.1 Å². The second-order valence-corrected chi connectivity index (χ2v) is 8.05. The molecule has 0 unspecified atom stereocenters. The smallest absolute Gasteiger partial charge is 0.0794 e. The van der Waals surface area contributed by atoms with E-state index in [0.717, 1.165) is 0 Å². The lowest BCUT2D eigenvalue weighted by molar-refractivity contribution is -0.302. The quantitative estimate of drug-likeness (QED) is 0.476. The van der Waals surface area contributed by atoms with Gasteiger partial charge >= 0.3 is 0 Å². The molecule has 22 heavy (non-hydrogen) atoms. The highest BCUT2D eigenvalue weighted by molar-refractivity contribution is 8.35. The van der Waals surface area contributed by atoms with Crippen LogP contribution >= 0.6 is 47.0 Å². The first kappa shape index (κ1) is 16.9. The summed E-state index contributed by atoms with van der Waals surface area (Å²) in [6.45, 7) is 0. The molecule has 2 aliphatic rings. The second kappa shape index (κ2) is 6.32. The zero-order valence-electron chi connectivity index (χ0n) is 9.90. The maximum atomic E-state index is 10.9. The SMILES string of the molecule is O=C([O-])C1=C(C(=O)[O-])SC(=C2SC(C(=O)[O-])=C(C(=O)[O-])S2)S1. The lowest BCUT2D eigenvalue weighted by Gasteiger charge is -2.05. The average molecular weight is 376 g/mol. The zero-order valence-corrected chi connectivity index (χ0v) is 13.2. The molecule has 2 rings (SSSR count). The molecule has 2 aliphatic heterocycles. The number of hydrogen-bond donors (Lipinski definition) is 0. The maximum absolute atomic E-state index is 10.9. The van der Waals surface area contributed by atoms with Crippen molar-refractivity contribution in [2.24, 2.45) is 0 Å². The van der Waals surface area contributed by atoms with Crippen molar-refractivity contribution in [1.82, 2.24) is 0 Å². The van der Waals surface area contributed by atoms with Gasteiger partial charge in [0.05, 0.1) is 52.0 Å². The molecule has 0 atom stereocenters. The van der Waals surface area contributed by atoms with Crippen LogP contribution in [0.2, 0.25) is 0 Å². The van der Waals surface area contributed by atoms with Gasteiger partial charge in [-0.15, -0.1) is 0 Å². The van der Waals surface area contributed by atoms with Crippen LogP contribution in [-0.4, -0.2) is 23.9 Å². The van der Waals surface area contributed by atoms with Crippen molar-refractivity contribution in [2.45, 2.75) is 0 Å². The first-order valence-corrected chi connectivity index (χ1v) is 8.28. The first-order chi connectivity index (χ1) is 10.2. The van der Waals surface area contributed by atoms with E-state index in [1.165, 1.54) is 0 Å². The van der Waals surface area contributed by atoms with Gasteiger partial charge < -0.3 is 39.6 Å². The highest BCUT2D eigenvalue weighted by atomic mass is 32.2. The lowest BCUT2D eigenvalue weighted by atomic mass is 10.5. The average Bonchev–Trinajstić information content (AvgIpc) is 3.02. The van der Waals surface area contributed by atoms with Gasteiger partial charge in [-0.25, -0.2) is 0 Å². The molecule has 0 bridgehead atoms. The van der Waals surface area contributed by atoms with Gasteiger partial charge in [-0.1, -0.05) is 47.0 Å². The summed E-state index contributed by atoms with van der Waals surface area (Å²) in [4.78, 5) is 41.1. The molecule has 2 heterocycles. The molecular formula is C10O8S4-4. The minimum Gasteiger partial charge on any atom is -0.544 e. The van der Waals surface area contributed by atoms with Crippen molar-refractivity contribution >= 4 is 70.9 Å². The summed E-state index contributed by atoms with van der Waals surface area (Å²) in [7, 11) is 0. The van der Waals surface area contributed by atoms with E-state index in [-0.39, 0.29) is 8.47 Å². The van der Waals surface area contributed by atoms with Crippen molar-refractivity contribution < 1.29 is 39.6 Å². The molecule has 0 fully saturated rings. The normalized spacial score (nSPS) is 18.2. The monoisotopic (exact) mass is 376 g/mol. The van der Waals surface area contributed by atoms with Crippen LogP contribution in [0.25, 0.3) is 0 Å². The standard InChI is InChI=1S/C10H4O8S4/c11-5(12)1-2(6(13)14)20-9(19-1)10-21-3(7(15)16)4(22-10)8(17)18/h(H,11,12)(H,13,14)(H,15,16)(H,17,18)/p-4. The predicted octanol–water partition coefficient (Wildman–Crippen LogP) is -3.50. The molecule has 0 amide bonds. The molecule has 116 valence electrons. The summed E-state index contributed by atoms with van der Waals surface area (Å²) in [5.74, 6) is -6.91. The zero-order chi connectivity index (χ0) is 16.6. The fraction of sp³-hybridized carbons (Fsp3) is 0. The molecule has 0 aromatic rings. The number of carboxylic acids is 4. The molecule has 8 nitrogen and oxygen atoms in total. The Balaban J connectivity index is 2.35. The molecule has 0 aliphatic carbocycles. The Bertz CT molecular complexity index is 600. The second-order valence-electron chi connectivity index (χ2n) is 3.45. The van der Waals surface area contributed by atoms with Crippen LogP contribution in [0.1, 0.15) is 0 Å². The van der Waals surface area contributed by atoms with Crippen LogP contribution in [0, 0.1) is 0 Å². The van der Waals surface area contributed by atoms with Crippen LogP contribution in [0.3, 0.4) is 0 Å². The van der Waals surface area contributed by atoms with Gasteiger partial charge in [-0.3, -0.25) is 0 Å². The third-order valence-electron chi connectivity index (χ3n) is 2.10. The summed E-state index contributed by atoms with van der Waals surface area (Å²) in [6.07, 6.45) is 0. The van der Waals surface area contributed by atoms with Gasteiger partial charge in [0.25, 0.3) is 0 Å². The van der Waals surface area contributed by atoms with Crippen molar-refractivity contribution in [1.29, 1.82) is 0 Å². The maximum Gasteiger partial charge on any atom is 0.0794 e. The lowest BCUT2D eigenvalue weighted by Crippen LogP contribution is -2.28. The highest BCUT2D eigenvalue weighted by Gasteiger charge is 2.31. The molecule has 0 aromatic heterocycles. The third kappa shape index (κ3) is 3.14. The fourth-order valence-corrected chi connectivity index (χ4v) is 6.25. The van der Waals surface area contributed by atoms with Gasteiger partial charge in [0.2, 0.25) is 0 Å². The van der Waals surface area contributed by atoms with Crippen LogP contribution < -0.4 is 20.4 Å². The Morgan fingerprint density at radius 1 is 0.500 bits per heavy atom. The highest BCUT2D eigenvalue weighted by Crippen LogP contribution is 2.59. The van der Waals surface area contributed by atoms with E-state index < -0.39 is 43.5 Å². The number of aliphatic carboxylic acids is 4. The largest absolute Gasteiger partial charge is 0.544 e. The molecule has 0 spiro atoms. The van der Waals surface area contributed by atoms with E-state index in [0.29, 0.717) is 47.0 Å². The summed E-state index contributed by atoms with van der Waals surface area (Å²) < 4.78 is 0.201. The Hall–Kier alpha value is -1.50. The first-order valence-electron chi connectivity index (χ1n) is 5.02. The number of rotatable bonds is 4. The van der Waals surface area contributed by atoms with E-state index in [2.05, 4.69) is 0 Å². The van der Waals surface area contributed by atoms with Gasteiger partial charge in [0.15, 0.2) is 0 Å². The number of carboxylic acid groups (broad SMARTS) is 4. The van der Waals surface area contributed by atoms with Gasteiger partial charge in [0.1, 0.15) is 0 Å². The van der Waals surface area contributed by atoms with E-state index >= 15 is 0 Å². The molecular weight excluding hydrogens is 376 g/mol. The van der Waals surface area contributed by atoms with E-state index in [1.54, 1.807) is 0 Å². The van der Waals surface area contributed by atoms with E-state index in [4.69, 9.17) is 0 Å². The molecule has 0 aromatic carbocycles. The van der Waals surface area contributed by atoms with Crippen LogP contribution in [0.5, 0.6) is 0 Å². The number of thioether (sulfide) groups is 4. The molecule has 12 heteroatoms. The Labute approximate surface area is 138 Å². The number of hydrogen-bond acceptors (Lipinski definition) is 12. The summed E-state index contributed by atoms with van der Waals surface area (Å²) in [6, 6.07) is 0. The Morgan fingerprint density at radius 2 is 0.682 bits per heavy atom. The predicted molar refractivity (Wildman–Crippen MR) is 71.5 cm³/mol. The molecule has 0 saturated carbocycles. The Kier molecular flexibility index (Phi) is 4.84. The van der Waals surface area contributed by atoms with Crippen molar-refractivity contribution in [3.8, 4) is 0 Å². The van der Waals surface area contributed by atoms with E-state index in [1.807, 2.05) is 0 Å². The Morgan fingerprint density at radius 3 is 0.818 bits per heavy atom. The number of carbonyl (C=O) groups is 4. The summed E-state index contributed by atoms with van der Waals surface area (Å²) in [5, 5.41) is 43.5. The topological polar surface area (TPSA) is 161 Å². The summed E-state index contributed by atoms with van der Waals surface area (Å²) >= 11 is 2.10. The molecule has 0 N–H and O–H groups in total. The van der Waals surface area contributed by atoms with Gasteiger partial charge in [-0.05, 0) is 0 Å². The molecule has 0 saturated heterocycles. The van der Waals surface area contributed by atoms with E-state index in [9.17, 15) is 39.6 Å². The van der Waals surface area contributed by atoms with Crippen LogP contribution in [0.4, 0.5) is 0 Å². The number of carbonyl (C=O) groups excluding carboxylic acids is 4. The summed E-state index contributed by atoms with van der Waals surface area (Å²) in [5.41, 5.74) is 0. The minimum absolute atomic E-state index is 0.100. The van der Waals surface area contributed by atoms with Crippen molar-refractivity contribution in [3.63, 3.8) is 0 Å². The fourth-order valence-electron chi connectivity index (χ4n) is 1.30. The van der Waals surface area contributed by atoms with Crippen LogP contribution in [-0.2, 0) is 19.2 Å². The van der Waals surface area contributed by atoms with Gasteiger partial charge in [-0.2, -0.15) is 0 Å². The van der Waals surface area contributed by atoms with Gasteiger partial charge in [0, 0.05) is 0 Å². The van der Waals surface area contributed by atoms with Crippen molar-refractivity contribution in [2.75, 3.05) is 0 Å². The van der Waals surface area contributed by atoms with Crippen molar-refractivity contribution in [3.05, 3.63) is 28.1 Å². The third-order valence-corrected chi connectivity index (χ3v) is 7.73. The minimum atomic E-state index is -1.73.